The van der Waals surface area contributed by atoms with Crippen molar-refractivity contribution < 1.29 is 9.53 Å². The number of benzene rings is 1. The maximum atomic E-state index is 12.0. The van der Waals surface area contributed by atoms with Gasteiger partial charge in [0.2, 0.25) is 5.91 Å². The second-order valence-corrected chi connectivity index (χ2v) is 6.08. The molecule has 1 aliphatic rings. The number of rotatable bonds is 6. The van der Waals surface area contributed by atoms with Gasteiger partial charge in [0.1, 0.15) is 0 Å². The van der Waals surface area contributed by atoms with Crippen molar-refractivity contribution in [3.05, 3.63) is 53.9 Å². The third-order valence-corrected chi connectivity index (χ3v) is 4.30. The SMILES string of the molecule is Cn1cc(CCC(=O)NC[C@H]2CCO[C@@H]2c2ccccc2)cn1. The second kappa shape index (κ2) is 7.42. The van der Waals surface area contributed by atoms with Gasteiger partial charge in [-0.15, -0.1) is 0 Å². The average Bonchev–Trinajstić information content (AvgIpc) is 3.20. The molecule has 5 nitrogen and oxygen atoms in total. The third kappa shape index (κ3) is 4.20. The molecule has 2 aromatic rings. The summed E-state index contributed by atoms with van der Waals surface area (Å²) in [5, 5.41) is 7.17. The minimum atomic E-state index is 0.0903. The van der Waals surface area contributed by atoms with Crippen molar-refractivity contribution in [1.82, 2.24) is 15.1 Å². The molecule has 2 atom stereocenters. The lowest BCUT2D eigenvalue weighted by atomic mass is 9.95. The Morgan fingerprint density at radius 1 is 1.39 bits per heavy atom. The summed E-state index contributed by atoms with van der Waals surface area (Å²) >= 11 is 0. The molecule has 0 radical (unpaired) electrons. The van der Waals surface area contributed by atoms with Crippen molar-refractivity contribution in [2.24, 2.45) is 13.0 Å². The maximum Gasteiger partial charge on any atom is 0.220 e. The predicted molar refractivity (Wildman–Crippen MR) is 87.8 cm³/mol. The number of nitrogens with one attached hydrogen (secondary N) is 1. The number of aryl methyl sites for hydroxylation is 2. The van der Waals surface area contributed by atoms with Gasteiger partial charge < -0.3 is 10.1 Å². The number of aromatic nitrogens is 2. The van der Waals surface area contributed by atoms with Gasteiger partial charge in [-0.1, -0.05) is 30.3 Å². The molecule has 1 aromatic carbocycles. The van der Waals surface area contributed by atoms with E-state index in [0.717, 1.165) is 25.0 Å². The average molecular weight is 313 g/mol. The van der Waals surface area contributed by atoms with Gasteiger partial charge in [-0.3, -0.25) is 9.48 Å². The van der Waals surface area contributed by atoms with E-state index in [1.165, 1.54) is 5.56 Å². The first-order chi connectivity index (χ1) is 11.2. The van der Waals surface area contributed by atoms with Gasteiger partial charge in [-0.2, -0.15) is 5.10 Å². The quantitative estimate of drug-likeness (QED) is 0.890. The molecule has 5 heteroatoms. The van der Waals surface area contributed by atoms with Gasteiger partial charge in [-0.05, 0) is 24.0 Å². The van der Waals surface area contributed by atoms with Crippen LogP contribution >= 0.6 is 0 Å². The topological polar surface area (TPSA) is 56.2 Å². The van der Waals surface area contributed by atoms with E-state index in [0.29, 0.717) is 18.9 Å². The van der Waals surface area contributed by atoms with Gasteiger partial charge in [-0.25, -0.2) is 0 Å². The number of carbonyl (C=O) groups is 1. The predicted octanol–water partition coefficient (Wildman–Crippen LogP) is 2.25. The van der Waals surface area contributed by atoms with Crippen LogP contribution in [0.4, 0.5) is 0 Å². The highest BCUT2D eigenvalue weighted by Gasteiger charge is 2.29. The van der Waals surface area contributed by atoms with Crippen molar-refractivity contribution in [3.63, 3.8) is 0 Å². The summed E-state index contributed by atoms with van der Waals surface area (Å²) in [6.45, 7) is 1.43. The molecule has 0 unspecified atom stereocenters. The zero-order chi connectivity index (χ0) is 16.1. The zero-order valence-corrected chi connectivity index (χ0v) is 13.4. The van der Waals surface area contributed by atoms with Crippen LogP contribution in [0.5, 0.6) is 0 Å². The van der Waals surface area contributed by atoms with E-state index in [-0.39, 0.29) is 12.0 Å². The van der Waals surface area contributed by atoms with Gasteiger partial charge in [0.25, 0.3) is 0 Å². The normalized spacial score (nSPS) is 20.6. The summed E-state index contributed by atoms with van der Waals surface area (Å²) in [7, 11) is 1.88. The van der Waals surface area contributed by atoms with E-state index < -0.39 is 0 Å². The molecular formula is C18H23N3O2. The fourth-order valence-electron chi connectivity index (χ4n) is 3.05. The largest absolute Gasteiger partial charge is 0.373 e. The standard InChI is InChI=1S/C18H23N3O2/c1-21-13-14(11-20-21)7-8-17(22)19-12-16-9-10-23-18(16)15-5-3-2-4-6-15/h2-6,11,13,16,18H,7-10,12H2,1H3,(H,19,22)/t16-,18-/m1/s1. The molecule has 23 heavy (non-hydrogen) atoms. The Morgan fingerprint density at radius 3 is 2.96 bits per heavy atom. The Balaban J connectivity index is 1.46. The molecule has 1 aromatic heterocycles. The molecule has 0 bridgehead atoms. The monoisotopic (exact) mass is 313 g/mol. The van der Waals surface area contributed by atoms with Crippen LogP contribution in [0.3, 0.4) is 0 Å². The van der Waals surface area contributed by atoms with Crippen LogP contribution in [0.2, 0.25) is 0 Å². The number of ether oxygens (including phenoxy) is 1. The van der Waals surface area contributed by atoms with Crippen molar-refractivity contribution in [2.75, 3.05) is 13.2 Å². The molecule has 0 spiro atoms. The first kappa shape index (κ1) is 15.7. The highest BCUT2D eigenvalue weighted by molar-refractivity contribution is 5.76. The molecule has 1 saturated heterocycles. The van der Waals surface area contributed by atoms with Gasteiger partial charge in [0.15, 0.2) is 0 Å². The Kier molecular flexibility index (Phi) is 5.08. The molecule has 122 valence electrons. The molecule has 3 rings (SSSR count). The van der Waals surface area contributed by atoms with E-state index in [4.69, 9.17) is 4.74 Å². The van der Waals surface area contributed by atoms with E-state index in [9.17, 15) is 4.79 Å². The molecule has 0 aliphatic carbocycles. The highest BCUT2D eigenvalue weighted by Crippen LogP contribution is 2.33. The molecule has 1 amide bonds. The Labute approximate surface area is 136 Å². The van der Waals surface area contributed by atoms with Crippen LogP contribution in [0.25, 0.3) is 0 Å². The van der Waals surface area contributed by atoms with Gasteiger partial charge in [0, 0.05) is 38.7 Å². The minimum absolute atomic E-state index is 0.0903. The molecule has 0 saturated carbocycles. The number of carbonyl (C=O) groups excluding carboxylic acids is 1. The van der Waals surface area contributed by atoms with E-state index in [1.807, 2.05) is 37.6 Å². The van der Waals surface area contributed by atoms with E-state index in [1.54, 1.807) is 4.68 Å². The Morgan fingerprint density at radius 2 is 2.22 bits per heavy atom. The Bertz CT molecular complexity index is 639. The van der Waals surface area contributed by atoms with Crippen molar-refractivity contribution in [3.8, 4) is 0 Å². The lowest BCUT2D eigenvalue weighted by Crippen LogP contribution is -2.30. The fourth-order valence-corrected chi connectivity index (χ4v) is 3.05. The van der Waals surface area contributed by atoms with Crippen LogP contribution in [0.15, 0.2) is 42.7 Å². The smallest absolute Gasteiger partial charge is 0.220 e. The van der Waals surface area contributed by atoms with Crippen molar-refractivity contribution in [1.29, 1.82) is 0 Å². The van der Waals surface area contributed by atoms with E-state index >= 15 is 0 Å². The number of nitrogens with zero attached hydrogens (tertiary/aromatic N) is 2. The van der Waals surface area contributed by atoms with Crippen LogP contribution < -0.4 is 5.32 Å². The number of amides is 1. The molecule has 1 aliphatic heterocycles. The molecular weight excluding hydrogens is 290 g/mol. The van der Waals surface area contributed by atoms with Crippen LogP contribution in [0, 0.1) is 5.92 Å². The molecule has 2 heterocycles. The fraction of sp³-hybridized carbons (Fsp3) is 0.444. The summed E-state index contributed by atoms with van der Waals surface area (Å²) in [5.74, 6) is 0.437. The lowest BCUT2D eigenvalue weighted by Gasteiger charge is -2.19. The van der Waals surface area contributed by atoms with Gasteiger partial charge >= 0.3 is 0 Å². The first-order valence-electron chi connectivity index (χ1n) is 8.13. The minimum Gasteiger partial charge on any atom is -0.373 e. The first-order valence-corrected chi connectivity index (χ1v) is 8.13. The number of hydrogen-bond acceptors (Lipinski definition) is 3. The molecule has 1 fully saturated rings. The maximum absolute atomic E-state index is 12.0. The summed E-state index contributed by atoms with van der Waals surface area (Å²) < 4.78 is 7.61. The summed E-state index contributed by atoms with van der Waals surface area (Å²) in [5.41, 5.74) is 2.29. The molecule has 1 N–H and O–H groups in total. The summed E-state index contributed by atoms with van der Waals surface area (Å²) in [4.78, 5) is 12.0. The highest BCUT2D eigenvalue weighted by atomic mass is 16.5. The van der Waals surface area contributed by atoms with Crippen molar-refractivity contribution >= 4 is 5.91 Å². The zero-order valence-electron chi connectivity index (χ0n) is 13.4. The number of hydrogen-bond donors (Lipinski definition) is 1. The Hall–Kier alpha value is -2.14. The van der Waals surface area contributed by atoms with Crippen LogP contribution in [0.1, 0.15) is 30.1 Å². The third-order valence-electron chi connectivity index (χ3n) is 4.30. The second-order valence-electron chi connectivity index (χ2n) is 6.08. The van der Waals surface area contributed by atoms with Crippen LogP contribution in [-0.2, 0) is 23.0 Å². The van der Waals surface area contributed by atoms with Crippen molar-refractivity contribution in [2.45, 2.75) is 25.4 Å². The summed E-state index contributed by atoms with van der Waals surface area (Å²) in [6, 6.07) is 10.2. The van der Waals surface area contributed by atoms with E-state index in [2.05, 4.69) is 22.5 Å². The summed E-state index contributed by atoms with van der Waals surface area (Å²) in [6.07, 6.45) is 6.06. The van der Waals surface area contributed by atoms with Gasteiger partial charge in [0.05, 0.1) is 12.3 Å². The van der Waals surface area contributed by atoms with Crippen LogP contribution in [-0.4, -0.2) is 28.8 Å². The lowest BCUT2D eigenvalue weighted by molar-refractivity contribution is -0.121.